The second-order valence-electron chi connectivity index (χ2n) is 4.16. The molecule has 112 valence electrons. The van der Waals surface area contributed by atoms with Crippen LogP contribution >= 0.6 is 23.2 Å². The number of carbonyl (C=O) groups is 2. The molecule has 0 aliphatic carbocycles. The molecule has 0 unspecified atom stereocenters. The highest BCUT2D eigenvalue weighted by Crippen LogP contribution is 2.26. The van der Waals surface area contributed by atoms with E-state index >= 15 is 0 Å². The van der Waals surface area contributed by atoms with Crippen LogP contribution in [0.4, 0.5) is 0 Å². The largest absolute Gasteiger partial charge is 0.271 e. The highest BCUT2D eigenvalue weighted by atomic mass is 35.5. The van der Waals surface area contributed by atoms with E-state index in [1.807, 2.05) is 0 Å². The van der Waals surface area contributed by atoms with Gasteiger partial charge < -0.3 is 0 Å². The molecule has 0 atom stereocenters. The van der Waals surface area contributed by atoms with Gasteiger partial charge in [0.1, 0.15) is 0 Å². The Kier molecular flexibility index (Phi) is 5.52. The van der Waals surface area contributed by atoms with E-state index in [1.165, 1.54) is 18.3 Å². The van der Waals surface area contributed by atoms with Gasteiger partial charge in [0.2, 0.25) is 0 Å². The summed E-state index contributed by atoms with van der Waals surface area (Å²) in [7, 11) is 0. The van der Waals surface area contributed by atoms with Crippen molar-refractivity contribution in [2.75, 3.05) is 0 Å². The van der Waals surface area contributed by atoms with E-state index < -0.39 is 11.8 Å². The number of carbonyl (C=O) groups excluding carboxylic acids is 2. The molecule has 0 saturated carbocycles. The molecule has 0 radical (unpaired) electrons. The molecular formula is C15H11Cl2N3O2. The highest BCUT2D eigenvalue weighted by Gasteiger charge is 2.06. The summed E-state index contributed by atoms with van der Waals surface area (Å²) in [6.07, 6.45) is 5.68. The molecule has 0 fully saturated rings. The lowest BCUT2D eigenvalue weighted by atomic mass is 10.2. The predicted octanol–water partition coefficient (Wildman–Crippen LogP) is 2.86. The summed E-state index contributed by atoms with van der Waals surface area (Å²) >= 11 is 11.9. The summed E-state index contributed by atoms with van der Waals surface area (Å²) in [4.78, 5) is 27.1. The third-order valence-corrected chi connectivity index (χ3v) is 3.45. The Morgan fingerprint density at radius 2 is 1.91 bits per heavy atom. The van der Waals surface area contributed by atoms with Crippen LogP contribution in [-0.2, 0) is 4.79 Å². The van der Waals surface area contributed by atoms with Gasteiger partial charge in [-0.25, -0.2) is 0 Å². The SMILES string of the molecule is O=C(/C=C/c1cccc(Cl)c1Cl)NNC(=O)c1cccnc1. The van der Waals surface area contributed by atoms with Gasteiger partial charge in [-0.15, -0.1) is 0 Å². The molecule has 0 bridgehead atoms. The lowest BCUT2D eigenvalue weighted by molar-refractivity contribution is -0.117. The van der Waals surface area contributed by atoms with Crippen molar-refractivity contribution >= 4 is 41.1 Å². The number of aromatic nitrogens is 1. The van der Waals surface area contributed by atoms with Gasteiger partial charge in [-0.2, -0.15) is 0 Å². The van der Waals surface area contributed by atoms with Crippen LogP contribution in [0.1, 0.15) is 15.9 Å². The van der Waals surface area contributed by atoms with Gasteiger partial charge in [0.25, 0.3) is 11.8 Å². The lowest BCUT2D eigenvalue weighted by Crippen LogP contribution is -2.40. The summed E-state index contributed by atoms with van der Waals surface area (Å²) in [6.45, 7) is 0. The van der Waals surface area contributed by atoms with Crippen molar-refractivity contribution in [1.82, 2.24) is 15.8 Å². The van der Waals surface area contributed by atoms with Crippen LogP contribution in [0.25, 0.3) is 6.08 Å². The van der Waals surface area contributed by atoms with E-state index in [2.05, 4.69) is 15.8 Å². The molecule has 7 heteroatoms. The molecule has 1 aromatic carbocycles. The van der Waals surface area contributed by atoms with Gasteiger partial charge in [0.15, 0.2) is 0 Å². The standard InChI is InChI=1S/C15H11Cl2N3O2/c16-12-5-1-3-10(14(12)17)6-7-13(21)19-20-15(22)11-4-2-8-18-9-11/h1-9H,(H,19,21)(H,20,22)/b7-6+. The number of nitrogens with zero attached hydrogens (tertiary/aromatic N) is 1. The Balaban J connectivity index is 1.92. The van der Waals surface area contributed by atoms with Crippen LogP contribution in [0, 0.1) is 0 Å². The number of pyridine rings is 1. The zero-order chi connectivity index (χ0) is 15.9. The molecule has 0 aliphatic rings. The second kappa shape index (κ2) is 7.59. The first-order chi connectivity index (χ1) is 10.6. The minimum absolute atomic E-state index is 0.338. The van der Waals surface area contributed by atoms with Gasteiger partial charge in [0, 0.05) is 18.5 Å². The summed E-state index contributed by atoms with van der Waals surface area (Å²) in [5, 5.41) is 0.752. The molecule has 2 rings (SSSR count). The van der Waals surface area contributed by atoms with Gasteiger partial charge in [-0.3, -0.25) is 25.4 Å². The number of rotatable bonds is 3. The summed E-state index contributed by atoms with van der Waals surface area (Å²) in [5.41, 5.74) is 5.47. The average Bonchev–Trinajstić information content (AvgIpc) is 2.54. The molecule has 2 amide bonds. The van der Waals surface area contributed by atoms with Gasteiger partial charge in [-0.05, 0) is 29.8 Å². The minimum atomic E-state index is -0.506. The molecule has 0 spiro atoms. The van der Waals surface area contributed by atoms with Crippen molar-refractivity contribution < 1.29 is 9.59 Å². The lowest BCUT2D eigenvalue weighted by Gasteiger charge is -2.05. The van der Waals surface area contributed by atoms with Crippen LogP contribution in [0.3, 0.4) is 0 Å². The van der Waals surface area contributed by atoms with Crippen LogP contribution < -0.4 is 10.9 Å². The summed E-state index contributed by atoms with van der Waals surface area (Å²) in [6, 6.07) is 8.28. The van der Waals surface area contributed by atoms with Gasteiger partial charge >= 0.3 is 0 Å². The molecule has 2 N–H and O–H groups in total. The molecular weight excluding hydrogens is 325 g/mol. The third-order valence-electron chi connectivity index (χ3n) is 2.62. The number of hydrazine groups is 1. The Hall–Kier alpha value is -2.37. The van der Waals surface area contributed by atoms with E-state index in [4.69, 9.17) is 23.2 Å². The maximum atomic E-state index is 11.7. The summed E-state index contributed by atoms with van der Waals surface area (Å²) in [5.74, 6) is -0.969. The van der Waals surface area contributed by atoms with Crippen molar-refractivity contribution in [2.24, 2.45) is 0 Å². The molecule has 0 saturated heterocycles. The number of nitrogens with one attached hydrogen (secondary N) is 2. The van der Waals surface area contributed by atoms with Gasteiger partial charge in [0.05, 0.1) is 15.6 Å². The first-order valence-electron chi connectivity index (χ1n) is 6.20. The molecule has 0 aliphatic heterocycles. The maximum absolute atomic E-state index is 11.7. The number of hydrogen-bond donors (Lipinski definition) is 2. The Morgan fingerprint density at radius 1 is 1.09 bits per heavy atom. The van der Waals surface area contributed by atoms with Crippen LogP contribution in [0.5, 0.6) is 0 Å². The van der Waals surface area contributed by atoms with E-state index in [1.54, 1.807) is 36.5 Å². The topological polar surface area (TPSA) is 71.1 Å². The fraction of sp³-hybridized carbons (Fsp3) is 0. The summed E-state index contributed by atoms with van der Waals surface area (Å²) < 4.78 is 0. The van der Waals surface area contributed by atoms with Crippen molar-refractivity contribution in [3.63, 3.8) is 0 Å². The first kappa shape index (κ1) is 16.0. The number of halogens is 2. The number of amides is 2. The normalized spacial score (nSPS) is 10.5. The van der Waals surface area contributed by atoms with E-state index in [0.29, 0.717) is 21.2 Å². The molecule has 2 aromatic rings. The molecule has 5 nitrogen and oxygen atoms in total. The predicted molar refractivity (Wildman–Crippen MR) is 85.3 cm³/mol. The molecule has 1 heterocycles. The van der Waals surface area contributed by atoms with Crippen molar-refractivity contribution in [3.8, 4) is 0 Å². The quantitative estimate of drug-likeness (QED) is 0.669. The average molecular weight is 336 g/mol. The van der Waals surface area contributed by atoms with Crippen molar-refractivity contribution in [1.29, 1.82) is 0 Å². The monoisotopic (exact) mass is 335 g/mol. The Labute approximate surface area is 136 Å². The highest BCUT2D eigenvalue weighted by molar-refractivity contribution is 6.42. The molecule has 1 aromatic heterocycles. The zero-order valence-corrected chi connectivity index (χ0v) is 12.7. The number of hydrogen-bond acceptors (Lipinski definition) is 3. The fourth-order valence-corrected chi connectivity index (χ4v) is 1.91. The van der Waals surface area contributed by atoms with Crippen molar-refractivity contribution in [2.45, 2.75) is 0 Å². The van der Waals surface area contributed by atoms with Crippen LogP contribution in [0.15, 0.2) is 48.8 Å². The minimum Gasteiger partial charge on any atom is -0.268 e. The van der Waals surface area contributed by atoms with E-state index in [0.717, 1.165) is 0 Å². The van der Waals surface area contributed by atoms with Crippen LogP contribution in [-0.4, -0.2) is 16.8 Å². The van der Waals surface area contributed by atoms with Crippen molar-refractivity contribution in [3.05, 3.63) is 70.0 Å². The Bertz CT molecular complexity index is 718. The smallest absolute Gasteiger partial charge is 0.268 e. The van der Waals surface area contributed by atoms with Gasteiger partial charge in [-0.1, -0.05) is 35.3 Å². The van der Waals surface area contributed by atoms with E-state index in [9.17, 15) is 9.59 Å². The maximum Gasteiger partial charge on any atom is 0.271 e. The molecule has 22 heavy (non-hydrogen) atoms. The second-order valence-corrected chi connectivity index (χ2v) is 4.95. The first-order valence-corrected chi connectivity index (χ1v) is 6.96. The van der Waals surface area contributed by atoms with E-state index in [-0.39, 0.29) is 0 Å². The number of benzene rings is 1. The van der Waals surface area contributed by atoms with Crippen LogP contribution in [0.2, 0.25) is 10.0 Å². The Morgan fingerprint density at radius 3 is 2.64 bits per heavy atom. The third kappa shape index (κ3) is 4.31. The fourth-order valence-electron chi connectivity index (χ4n) is 1.54. The zero-order valence-electron chi connectivity index (χ0n) is 11.2.